The number of nitrogens with one attached hydrogen (secondary N) is 3. The van der Waals surface area contributed by atoms with E-state index in [1.54, 1.807) is 42.6 Å². The van der Waals surface area contributed by atoms with Crippen molar-refractivity contribution in [3.05, 3.63) is 64.9 Å². The fraction of sp³-hybridized carbons (Fsp3) is 0.250. The van der Waals surface area contributed by atoms with Crippen LogP contribution in [-0.2, 0) is 0 Å². The van der Waals surface area contributed by atoms with E-state index in [0.717, 1.165) is 0 Å². The predicted molar refractivity (Wildman–Crippen MR) is 108 cm³/mol. The van der Waals surface area contributed by atoms with Gasteiger partial charge in [-0.1, -0.05) is 44.5 Å². The average Bonchev–Trinajstić information content (AvgIpc) is 2.63. The minimum Gasteiger partial charge on any atom is -0.335 e. The van der Waals surface area contributed by atoms with E-state index < -0.39 is 17.4 Å². The molecule has 0 aliphatic heterocycles. The molecule has 3 N–H and O–H groups in total. The van der Waals surface area contributed by atoms with E-state index in [1.807, 2.05) is 20.8 Å². The largest absolute Gasteiger partial charge is 0.335 e. The zero-order valence-corrected chi connectivity index (χ0v) is 16.5. The van der Waals surface area contributed by atoms with Crippen LogP contribution < -0.4 is 16.0 Å². The second-order valence-electron chi connectivity index (χ2n) is 7.09. The van der Waals surface area contributed by atoms with E-state index in [4.69, 9.17) is 16.9 Å². The topological polar surface area (TPSA) is 89.3 Å². The van der Waals surface area contributed by atoms with Crippen molar-refractivity contribution in [3.63, 3.8) is 0 Å². The van der Waals surface area contributed by atoms with Crippen LogP contribution in [0.1, 0.15) is 31.1 Å². The quantitative estimate of drug-likeness (QED) is 0.311. The number of para-hydroxylation sites is 1. The highest BCUT2D eigenvalue weighted by atomic mass is 35.5. The Bertz CT molecular complexity index is 900. The lowest BCUT2D eigenvalue weighted by atomic mass is 9.92. The molecule has 0 saturated heterocycles. The van der Waals surface area contributed by atoms with Gasteiger partial charge in [-0.25, -0.2) is 4.39 Å². The van der Waals surface area contributed by atoms with Gasteiger partial charge >= 0.3 is 0 Å². The van der Waals surface area contributed by atoms with Crippen molar-refractivity contribution in [1.82, 2.24) is 10.6 Å². The fourth-order valence-corrected chi connectivity index (χ4v) is 2.38. The van der Waals surface area contributed by atoms with Gasteiger partial charge in [0, 0.05) is 16.0 Å². The normalized spacial score (nSPS) is 12.6. The minimum atomic E-state index is -0.609. The second-order valence-corrected chi connectivity index (χ2v) is 7.53. The zero-order chi connectivity index (χ0) is 20.7. The van der Waals surface area contributed by atoms with Crippen LogP contribution in [0.4, 0.5) is 10.1 Å². The number of carbonyl (C=O) groups excluding carboxylic acids is 1. The molecule has 1 amide bonds. The van der Waals surface area contributed by atoms with Crippen molar-refractivity contribution >= 4 is 29.2 Å². The third-order valence-electron chi connectivity index (χ3n) is 3.82. The van der Waals surface area contributed by atoms with Crippen molar-refractivity contribution < 1.29 is 9.18 Å². The molecule has 0 aromatic heterocycles. The van der Waals surface area contributed by atoms with Gasteiger partial charge in [-0.3, -0.25) is 4.79 Å². The Kier molecular flexibility index (Phi) is 6.96. The van der Waals surface area contributed by atoms with Gasteiger partial charge in [0.1, 0.15) is 12.0 Å². The highest BCUT2D eigenvalue weighted by Crippen LogP contribution is 2.19. The molecule has 1 atom stereocenters. The number of carbonyl (C=O) groups is 1. The van der Waals surface area contributed by atoms with Crippen molar-refractivity contribution in [1.29, 1.82) is 5.26 Å². The molecule has 0 radical (unpaired) electrons. The molecular formula is C20H21ClFN5O. The van der Waals surface area contributed by atoms with Crippen LogP contribution in [0.5, 0.6) is 0 Å². The van der Waals surface area contributed by atoms with Crippen LogP contribution in [0.2, 0.25) is 5.02 Å². The monoisotopic (exact) mass is 401 g/mol. The summed E-state index contributed by atoms with van der Waals surface area (Å²) in [7, 11) is 0. The Balaban J connectivity index is 2.20. The number of hydrogen-bond acceptors (Lipinski definition) is 3. The molecule has 28 heavy (non-hydrogen) atoms. The molecule has 2 rings (SSSR count). The molecule has 0 aliphatic carbocycles. The summed E-state index contributed by atoms with van der Waals surface area (Å²) in [4.78, 5) is 16.3. The van der Waals surface area contributed by atoms with Crippen LogP contribution in [0.3, 0.4) is 0 Å². The first-order chi connectivity index (χ1) is 13.2. The summed E-state index contributed by atoms with van der Waals surface area (Å²) in [5.41, 5.74) is 0.136. The van der Waals surface area contributed by atoms with E-state index in [2.05, 4.69) is 20.9 Å². The van der Waals surface area contributed by atoms with Gasteiger partial charge in [-0.05, 0) is 36.4 Å². The number of aliphatic imine (C=N–C) groups is 1. The van der Waals surface area contributed by atoms with Crippen molar-refractivity contribution in [2.45, 2.75) is 26.9 Å². The number of nitriles is 1. The Morgan fingerprint density at radius 1 is 1.14 bits per heavy atom. The van der Waals surface area contributed by atoms with Crippen molar-refractivity contribution in [3.8, 4) is 6.19 Å². The molecular weight excluding hydrogens is 381 g/mol. The van der Waals surface area contributed by atoms with Gasteiger partial charge in [0.05, 0.1) is 5.69 Å². The first kappa shape index (κ1) is 21.2. The highest BCUT2D eigenvalue weighted by Gasteiger charge is 2.28. The van der Waals surface area contributed by atoms with E-state index in [-0.39, 0.29) is 17.6 Å². The molecule has 2 aromatic rings. The maximum absolute atomic E-state index is 13.9. The average molecular weight is 402 g/mol. The van der Waals surface area contributed by atoms with Crippen LogP contribution in [0, 0.1) is 22.7 Å². The summed E-state index contributed by atoms with van der Waals surface area (Å²) in [5, 5.41) is 18.1. The van der Waals surface area contributed by atoms with Gasteiger partial charge in [0.25, 0.3) is 5.91 Å². The number of benzene rings is 2. The zero-order valence-electron chi connectivity index (χ0n) is 15.8. The summed E-state index contributed by atoms with van der Waals surface area (Å²) in [6, 6.07) is 12.5. The number of halogens is 2. The first-order valence-corrected chi connectivity index (χ1v) is 8.90. The summed E-state index contributed by atoms with van der Waals surface area (Å²) in [6.45, 7) is 5.71. The number of hydrogen-bond donors (Lipinski definition) is 3. The SMILES string of the molecule is CC(C)(C)C(NC(=O)c1ccc(Cl)cc1)N/C(=N/C#N)Nc1ccccc1F. The molecule has 0 fully saturated rings. The molecule has 2 aromatic carbocycles. The fourth-order valence-electron chi connectivity index (χ4n) is 2.26. The lowest BCUT2D eigenvalue weighted by molar-refractivity contribution is 0.0895. The molecule has 0 saturated carbocycles. The first-order valence-electron chi connectivity index (χ1n) is 8.52. The van der Waals surface area contributed by atoms with Crippen LogP contribution >= 0.6 is 11.6 Å². The van der Waals surface area contributed by atoms with Gasteiger partial charge in [0.2, 0.25) is 12.2 Å². The van der Waals surface area contributed by atoms with E-state index in [9.17, 15) is 9.18 Å². The molecule has 6 nitrogen and oxygen atoms in total. The Morgan fingerprint density at radius 3 is 2.36 bits per heavy atom. The smallest absolute Gasteiger partial charge is 0.252 e. The van der Waals surface area contributed by atoms with Crippen molar-refractivity contribution in [2.24, 2.45) is 10.4 Å². The van der Waals surface area contributed by atoms with Crippen molar-refractivity contribution in [2.75, 3.05) is 5.32 Å². The highest BCUT2D eigenvalue weighted by molar-refractivity contribution is 6.30. The maximum Gasteiger partial charge on any atom is 0.252 e. The molecule has 0 spiro atoms. The van der Waals surface area contributed by atoms with E-state index in [0.29, 0.717) is 10.6 Å². The maximum atomic E-state index is 13.9. The predicted octanol–water partition coefficient (Wildman–Crippen LogP) is 4.12. The lowest BCUT2D eigenvalue weighted by Gasteiger charge is -2.33. The number of nitrogens with zero attached hydrogens (tertiary/aromatic N) is 2. The number of guanidine groups is 1. The molecule has 8 heteroatoms. The molecule has 146 valence electrons. The van der Waals surface area contributed by atoms with Gasteiger partial charge in [-0.2, -0.15) is 5.26 Å². The number of rotatable bonds is 4. The minimum absolute atomic E-state index is 0.0175. The van der Waals surface area contributed by atoms with E-state index in [1.165, 1.54) is 12.1 Å². The van der Waals surface area contributed by atoms with Gasteiger partial charge < -0.3 is 16.0 Å². The number of anilines is 1. The standard InChI is InChI=1S/C20H21ClFN5O/c1-20(2,3)18(26-17(28)13-8-10-14(21)11-9-13)27-19(24-12-23)25-16-7-5-4-6-15(16)22/h4-11,18H,1-3H3,(H,26,28)(H2,24,25,27). The Labute approximate surface area is 168 Å². The van der Waals surface area contributed by atoms with Gasteiger partial charge in [0.15, 0.2) is 0 Å². The third kappa shape index (κ3) is 5.96. The second kappa shape index (κ2) is 9.20. The van der Waals surface area contributed by atoms with Crippen LogP contribution in [-0.4, -0.2) is 18.0 Å². The molecule has 1 unspecified atom stereocenters. The Hall–Kier alpha value is -3.11. The molecule has 0 bridgehead atoms. The van der Waals surface area contributed by atoms with Gasteiger partial charge in [-0.15, -0.1) is 4.99 Å². The molecule has 0 aliphatic rings. The van der Waals surface area contributed by atoms with Crippen LogP contribution in [0.15, 0.2) is 53.5 Å². The Morgan fingerprint density at radius 2 is 1.79 bits per heavy atom. The number of amides is 1. The molecule has 0 heterocycles. The summed E-state index contributed by atoms with van der Waals surface area (Å²) in [5.74, 6) is -0.803. The van der Waals surface area contributed by atoms with E-state index >= 15 is 0 Å². The summed E-state index contributed by atoms with van der Waals surface area (Å²) >= 11 is 5.86. The summed E-state index contributed by atoms with van der Waals surface area (Å²) in [6.07, 6.45) is 1.06. The lowest BCUT2D eigenvalue weighted by Crippen LogP contribution is -2.56. The van der Waals surface area contributed by atoms with Crippen LogP contribution in [0.25, 0.3) is 0 Å². The third-order valence-corrected chi connectivity index (χ3v) is 4.07. The summed E-state index contributed by atoms with van der Waals surface area (Å²) < 4.78 is 13.9.